The third-order valence-electron chi connectivity index (χ3n) is 5.37. The summed E-state index contributed by atoms with van der Waals surface area (Å²) in [4.78, 5) is 0.551. The fourth-order valence-corrected chi connectivity index (χ4v) is 4.03. The van der Waals surface area contributed by atoms with E-state index in [9.17, 15) is 0 Å². The predicted octanol–water partition coefficient (Wildman–Crippen LogP) is 6.91. The molecule has 34 heavy (non-hydrogen) atoms. The van der Waals surface area contributed by atoms with Crippen LogP contribution in [0.2, 0.25) is 0 Å². The Bertz CT molecular complexity index is 1370. The van der Waals surface area contributed by atoms with Crippen LogP contribution in [-0.2, 0) is 6.61 Å². The number of aromatic nitrogens is 2. The molecular formula is C29H23N3OS. The average Bonchev–Trinajstić information content (AvgIpc) is 3.29. The van der Waals surface area contributed by atoms with Gasteiger partial charge in [-0.1, -0.05) is 109 Å². The van der Waals surface area contributed by atoms with Crippen LogP contribution in [0.5, 0.6) is 5.88 Å². The van der Waals surface area contributed by atoms with E-state index in [2.05, 4.69) is 5.32 Å². The van der Waals surface area contributed by atoms with Crippen molar-refractivity contribution in [2.24, 2.45) is 0 Å². The van der Waals surface area contributed by atoms with Gasteiger partial charge in [-0.3, -0.25) is 0 Å². The molecule has 4 nitrogen and oxygen atoms in total. The third kappa shape index (κ3) is 4.75. The predicted molar refractivity (Wildman–Crippen MR) is 142 cm³/mol. The SMILES string of the molecule is S=C(Nc1ccccc1)c1c(-c2ccccc2)nn(-c2ccccc2)c1OCc1ccccc1. The largest absolute Gasteiger partial charge is 0.472 e. The Morgan fingerprint density at radius 2 is 1.29 bits per heavy atom. The maximum Gasteiger partial charge on any atom is 0.228 e. The van der Waals surface area contributed by atoms with Crippen LogP contribution < -0.4 is 10.1 Å². The van der Waals surface area contributed by atoms with Crippen LogP contribution in [0.4, 0.5) is 5.69 Å². The van der Waals surface area contributed by atoms with E-state index in [0.29, 0.717) is 17.5 Å². The molecule has 0 aliphatic heterocycles. The smallest absolute Gasteiger partial charge is 0.228 e. The topological polar surface area (TPSA) is 39.1 Å². The van der Waals surface area contributed by atoms with E-state index in [1.54, 1.807) is 0 Å². The van der Waals surface area contributed by atoms with Gasteiger partial charge in [-0.15, -0.1) is 0 Å². The quantitative estimate of drug-likeness (QED) is 0.267. The third-order valence-corrected chi connectivity index (χ3v) is 5.67. The van der Waals surface area contributed by atoms with E-state index in [1.807, 2.05) is 126 Å². The summed E-state index contributed by atoms with van der Waals surface area (Å²) in [5.74, 6) is 0.599. The maximum absolute atomic E-state index is 6.44. The number of nitrogens with one attached hydrogen (secondary N) is 1. The maximum atomic E-state index is 6.44. The lowest BCUT2D eigenvalue weighted by Crippen LogP contribution is -2.13. The number of hydrogen-bond donors (Lipinski definition) is 1. The first-order valence-corrected chi connectivity index (χ1v) is 11.5. The molecule has 0 fully saturated rings. The van der Waals surface area contributed by atoms with Gasteiger partial charge >= 0.3 is 0 Å². The fraction of sp³-hybridized carbons (Fsp3) is 0.0345. The highest BCUT2D eigenvalue weighted by molar-refractivity contribution is 7.81. The zero-order valence-electron chi connectivity index (χ0n) is 18.5. The fourth-order valence-electron chi connectivity index (χ4n) is 3.72. The van der Waals surface area contributed by atoms with Crippen molar-refractivity contribution in [1.29, 1.82) is 0 Å². The van der Waals surface area contributed by atoms with Crippen molar-refractivity contribution in [2.75, 3.05) is 5.32 Å². The van der Waals surface area contributed by atoms with Crippen LogP contribution >= 0.6 is 12.2 Å². The van der Waals surface area contributed by atoms with Gasteiger partial charge in [0, 0.05) is 11.3 Å². The Balaban J connectivity index is 1.65. The van der Waals surface area contributed by atoms with E-state index in [1.165, 1.54) is 0 Å². The summed E-state index contributed by atoms with van der Waals surface area (Å²) in [6, 6.07) is 40.0. The molecule has 0 aliphatic rings. The standard InChI is InChI=1S/C29H23N3OS/c34-28(30-24-17-9-3-10-18-24)26-27(23-15-7-2-8-16-23)31-32(25-19-11-4-12-20-25)29(26)33-21-22-13-5-1-6-14-22/h1-20H,21H2,(H,30,34). The van der Waals surface area contributed by atoms with Gasteiger partial charge in [0.05, 0.1) is 11.3 Å². The van der Waals surface area contributed by atoms with Crippen molar-refractivity contribution < 1.29 is 4.74 Å². The summed E-state index contributed by atoms with van der Waals surface area (Å²) in [7, 11) is 0. The van der Waals surface area contributed by atoms with E-state index in [0.717, 1.165) is 33.8 Å². The highest BCUT2D eigenvalue weighted by Crippen LogP contribution is 2.34. The lowest BCUT2D eigenvalue weighted by molar-refractivity contribution is 0.284. The molecule has 0 atom stereocenters. The van der Waals surface area contributed by atoms with Crippen LogP contribution in [0.3, 0.4) is 0 Å². The van der Waals surface area contributed by atoms with Gasteiger partial charge in [-0.25, -0.2) is 0 Å². The van der Waals surface area contributed by atoms with Crippen molar-refractivity contribution >= 4 is 22.9 Å². The Morgan fingerprint density at radius 1 is 0.735 bits per heavy atom. The first-order chi connectivity index (χ1) is 16.8. The molecule has 5 heteroatoms. The van der Waals surface area contributed by atoms with Crippen molar-refractivity contribution in [3.63, 3.8) is 0 Å². The van der Waals surface area contributed by atoms with Crippen molar-refractivity contribution in [2.45, 2.75) is 6.61 Å². The Labute approximate surface area is 204 Å². The minimum atomic E-state index is 0.397. The van der Waals surface area contributed by atoms with Crippen molar-refractivity contribution in [3.8, 4) is 22.8 Å². The number of hydrogen-bond acceptors (Lipinski definition) is 3. The van der Waals surface area contributed by atoms with Gasteiger partial charge in [0.15, 0.2) is 0 Å². The van der Waals surface area contributed by atoms with Crippen LogP contribution in [0.25, 0.3) is 16.9 Å². The van der Waals surface area contributed by atoms with E-state index in [-0.39, 0.29) is 0 Å². The minimum absolute atomic E-state index is 0.397. The van der Waals surface area contributed by atoms with E-state index >= 15 is 0 Å². The zero-order valence-corrected chi connectivity index (χ0v) is 19.3. The number of nitrogens with zero attached hydrogens (tertiary/aromatic N) is 2. The molecule has 4 aromatic carbocycles. The number of ether oxygens (including phenoxy) is 1. The summed E-state index contributed by atoms with van der Waals surface area (Å²) in [6.07, 6.45) is 0. The molecule has 0 spiro atoms. The average molecular weight is 462 g/mol. The van der Waals surface area contributed by atoms with Gasteiger partial charge in [-0.2, -0.15) is 9.78 Å². The molecule has 0 radical (unpaired) electrons. The first kappa shape index (κ1) is 21.6. The summed E-state index contributed by atoms with van der Waals surface area (Å²) < 4.78 is 8.28. The summed E-state index contributed by atoms with van der Waals surface area (Å²) in [6.45, 7) is 0.397. The lowest BCUT2D eigenvalue weighted by atomic mass is 10.1. The van der Waals surface area contributed by atoms with E-state index < -0.39 is 0 Å². The Hall–Kier alpha value is -4.22. The highest BCUT2D eigenvalue weighted by Gasteiger charge is 2.25. The first-order valence-electron chi connectivity index (χ1n) is 11.1. The van der Waals surface area contributed by atoms with Crippen LogP contribution in [0.15, 0.2) is 121 Å². The summed E-state index contributed by atoms with van der Waals surface area (Å²) >= 11 is 5.93. The number of rotatable bonds is 7. The molecule has 0 aliphatic carbocycles. The minimum Gasteiger partial charge on any atom is -0.472 e. The molecular weight excluding hydrogens is 438 g/mol. The molecule has 0 amide bonds. The van der Waals surface area contributed by atoms with Gasteiger partial charge in [-0.05, 0) is 29.8 Å². The summed E-state index contributed by atoms with van der Waals surface area (Å²) in [5.41, 5.74) is 5.36. The highest BCUT2D eigenvalue weighted by atomic mass is 32.1. The van der Waals surface area contributed by atoms with Crippen molar-refractivity contribution in [3.05, 3.63) is 132 Å². The Kier molecular flexibility index (Phi) is 6.45. The normalized spacial score (nSPS) is 10.6. The number of thiocarbonyl (C=S) groups is 1. The molecule has 166 valence electrons. The molecule has 5 rings (SSSR count). The second-order valence-corrected chi connectivity index (χ2v) is 8.14. The van der Waals surface area contributed by atoms with Gasteiger partial charge in [0.25, 0.3) is 0 Å². The summed E-state index contributed by atoms with van der Waals surface area (Å²) in [5, 5.41) is 8.36. The molecule has 0 bridgehead atoms. The monoisotopic (exact) mass is 461 g/mol. The number of para-hydroxylation sites is 2. The second-order valence-electron chi connectivity index (χ2n) is 7.74. The van der Waals surface area contributed by atoms with Crippen LogP contribution in [0.1, 0.15) is 11.1 Å². The zero-order chi connectivity index (χ0) is 23.2. The molecule has 5 aromatic rings. The Morgan fingerprint density at radius 3 is 1.94 bits per heavy atom. The molecule has 0 saturated carbocycles. The molecule has 0 unspecified atom stereocenters. The molecule has 0 saturated heterocycles. The van der Waals surface area contributed by atoms with Gasteiger partial charge < -0.3 is 10.1 Å². The second kappa shape index (κ2) is 10.1. The van der Waals surface area contributed by atoms with E-state index in [4.69, 9.17) is 22.1 Å². The van der Waals surface area contributed by atoms with Crippen LogP contribution in [-0.4, -0.2) is 14.8 Å². The lowest BCUT2D eigenvalue weighted by Gasteiger charge is -2.13. The molecule has 1 N–H and O–H groups in total. The number of anilines is 1. The van der Waals surface area contributed by atoms with Crippen molar-refractivity contribution in [1.82, 2.24) is 9.78 Å². The van der Waals surface area contributed by atoms with Crippen LogP contribution in [0, 0.1) is 0 Å². The molecule has 1 aromatic heterocycles. The number of benzene rings is 4. The van der Waals surface area contributed by atoms with Gasteiger partial charge in [0.1, 0.15) is 17.3 Å². The molecule has 1 heterocycles. The van der Waals surface area contributed by atoms with Gasteiger partial charge in [0.2, 0.25) is 5.88 Å².